The van der Waals surface area contributed by atoms with Crippen molar-refractivity contribution in [3.05, 3.63) is 69.7 Å². The van der Waals surface area contributed by atoms with Gasteiger partial charge in [0, 0.05) is 31.4 Å². The first-order valence-corrected chi connectivity index (χ1v) is 11.1. The van der Waals surface area contributed by atoms with Gasteiger partial charge in [0.2, 0.25) is 5.91 Å². The third kappa shape index (κ3) is 3.77. The van der Waals surface area contributed by atoms with Crippen molar-refractivity contribution in [3.63, 3.8) is 0 Å². The molecule has 156 valence electrons. The van der Waals surface area contributed by atoms with Crippen LogP contribution in [0.4, 0.5) is 0 Å². The summed E-state index contributed by atoms with van der Waals surface area (Å²) in [6.45, 7) is 5.11. The Morgan fingerprint density at radius 2 is 1.93 bits per heavy atom. The lowest BCUT2D eigenvalue weighted by atomic mass is 10.1. The molecule has 0 N–H and O–H groups in total. The minimum Gasteiger partial charge on any atom is -0.340 e. The van der Waals surface area contributed by atoms with Gasteiger partial charge in [-0.25, -0.2) is 4.68 Å². The van der Waals surface area contributed by atoms with E-state index in [0.29, 0.717) is 24.4 Å². The van der Waals surface area contributed by atoms with Gasteiger partial charge in [-0.05, 0) is 50.3 Å². The Balaban J connectivity index is 1.51. The van der Waals surface area contributed by atoms with E-state index < -0.39 is 6.04 Å². The molecule has 6 nitrogen and oxygen atoms in total. The average molecular weight is 423 g/mol. The number of para-hydroxylation sites is 1. The molecule has 2 amide bonds. The molecule has 1 aliphatic heterocycles. The van der Waals surface area contributed by atoms with E-state index in [1.54, 1.807) is 9.80 Å². The third-order valence-electron chi connectivity index (χ3n) is 5.74. The third-order valence-corrected chi connectivity index (χ3v) is 6.60. The van der Waals surface area contributed by atoms with Crippen molar-refractivity contribution in [2.45, 2.75) is 39.3 Å². The van der Waals surface area contributed by atoms with Gasteiger partial charge < -0.3 is 9.80 Å². The lowest BCUT2D eigenvalue weighted by Gasteiger charge is -2.28. The molecule has 1 fully saturated rings. The summed E-state index contributed by atoms with van der Waals surface area (Å²) in [7, 11) is 1.81. The first-order valence-electron chi connectivity index (χ1n) is 10.2. The van der Waals surface area contributed by atoms with Crippen LogP contribution in [0.25, 0.3) is 5.69 Å². The molecule has 4 rings (SSSR count). The maximum atomic E-state index is 13.2. The van der Waals surface area contributed by atoms with Crippen LogP contribution >= 0.6 is 11.3 Å². The fraction of sp³-hybridized carbons (Fsp3) is 0.348. The quantitative estimate of drug-likeness (QED) is 0.628. The number of benzene rings is 1. The van der Waals surface area contributed by atoms with Crippen LogP contribution in [0.1, 0.15) is 39.5 Å². The van der Waals surface area contributed by atoms with E-state index in [2.05, 4.69) is 5.10 Å². The molecule has 1 saturated heterocycles. The number of likely N-dealkylation sites (N-methyl/N-ethyl adjacent to an activating group) is 1. The Hall–Kier alpha value is -2.93. The number of rotatable bonds is 5. The lowest BCUT2D eigenvalue weighted by Crippen LogP contribution is -2.46. The standard InChI is InChI=1S/C23H26N4O2S/c1-16-19(17(2)27(24-16)18-9-5-4-6-10-18)15-25(3)22(28)20-11-7-13-26(20)23(29)21-12-8-14-30-21/h4-6,8-10,12,14,20H,7,11,13,15H2,1-3H3. The molecule has 30 heavy (non-hydrogen) atoms. The van der Waals surface area contributed by atoms with Crippen molar-refractivity contribution in [2.75, 3.05) is 13.6 Å². The number of carbonyl (C=O) groups excluding carboxylic acids is 2. The predicted octanol–water partition coefficient (Wildman–Crippen LogP) is 3.81. The fourth-order valence-electron chi connectivity index (χ4n) is 4.10. The maximum Gasteiger partial charge on any atom is 0.264 e. The molecule has 0 spiro atoms. The molecule has 7 heteroatoms. The molecular weight excluding hydrogens is 396 g/mol. The number of likely N-dealkylation sites (tertiary alicyclic amines) is 1. The maximum absolute atomic E-state index is 13.2. The zero-order chi connectivity index (χ0) is 21.3. The molecule has 0 saturated carbocycles. The van der Waals surface area contributed by atoms with Gasteiger partial charge in [0.1, 0.15) is 6.04 Å². The van der Waals surface area contributed by atoms with Crippen molar-refractivity contribution in [1.29, 1.82) is 0 Å². The number of amides is 2. The minimum atomic E-state index is -0.394. The van der Waals surface area contributed by atoms with Crippen LogP contribution in [0.15, 0.2) is 47.8 Å². The number of hydrogen-bond donors (Lipinski definition) is 0. The first kappa shape index (κ1) is 20.3. The molecule has 1 aromatic carbocycles. The summed E-state index contributed by atoms with van der Waals surface area (Å²) in [6.07, 6.45) is 1.56. The lowest BCUT2D eigenvalue weighted by molar-refractivity contribution is -0.134. The van der Waals surface area contributed by atoms with Gasteiger partial charge in [-0.15, -0.1) is 11.3 Å². The smallest absolute Gasteiger partial charge is 0.264 e. The fourth-order valence-corrected chi connectivity index (χ4v) is 4.78. The van der Waals surface area contributed by atoms with Crippen molar-refractivity contribution in [2.24, 2.45) is 0 Å². The van der Waals surface area contributed by atoms with E-state index >= 15 is 0 Å². The van der Waals surface area contributed by atoms with E-state index in [1.807, 2.05) is 73.4 Å². The van der Waals surface area contributed by atoms with Crippen LogP contribution in [-0.4, -0.2) is 51.0 Å². The molecule has 0 radical (unpaired) electrons. The highest BCUT2D eigenvalue weighted by molar-refractivity contribution is 7.12. The molecule has 1 aliphatic rings. The number of hydrogen-bond acceptors (Lipinski definition) is 4. The van der Waals surface area contributed by atoms with Crippen molar-refractivity contribution in [3.8, 4) is 5.69 Å². The summed E-state index contributed by atoms with van der Waals surface area (Å²) in [4.78, 5) is 30.2. The van der Waals surface area contributed by atoms with Gasteiger partial charge in [0.05, 0.1) is 16.3 Å². The van der Waals surface area contributed by atoms with Crippen molar-refractivity contribution in [1.82, 2.24) is 19.6 Å². The SMILES string of the molecule is Cc1nn(-c2ccccc2)c(C)c1CN(C)C(=O)C1CCCN1C(=O)c1cccs1. The topological polar surface area (TPSA) is 58.4 Å². The predicted molar refractivity (Wildman–Crippen MR) is 118 cm³/mol. The molecule has 1 unspecified atom stereocenters. The number of aryl methyl sites for hydroxylation is 1. The molecule has 0 bridgehead atoms. The highest BCUT2D eigenvalue weighted by Gasteiger charge is 2.36. The van der Waals surface area contributed by atoms with E-state index in [9.17, 15) is 9.59 Å². The van der Waals surface area contributed by atoms with Gasteiger partial charge in [-0.1, -0.05) is 24.3 Å². The van der Waals surface area contributed by atoms with Crippen molar-refractivity contribution < 1.29 is 9.59 Å². The summed E-state index contributed by atoms with van der Waals surface area (Å²) in [5.74, 6) is -0.0535. The zero-order valence-electron chi connectivity index (χ0n) is 17.5. The summed E-state index contributed by atoms with van der Waals surface area (Å²) in [5.41, 5.74) is 3.98. The number of aromatic nitrogens is 2. The van der Waals surface area contributed by atoms with Gasteiger partial charge in [-0.2, -0.15) is 5.10 Å². The van der Waals surface area contributed by atoms with Crippen LogP contribution in [0.5, 0.6) is 0 Å². The first-order chi connectivity index (χ1) is 14.5. The Morgan fingerprint density at radius 3 is 2.63 bits per heavy atom. The summed E-state index contributed by atoms with van der Waals surface area (Å²) in [6, 6.07) is 13.3. The van der Waals surface area contributed by atoms with Crippen LogP contribution < -0.4 is 0 Å². The van der Waals surface area contributed by atoms with E-state index in [4.69, 9.17) is 0 Å². The van der Waals surface area contributed by atoms with Crippen LogP contribution in [-0.2, 0) is 11.3 Å². The van der Waals surface area contributed by atoms with Gasteiger partial charge in [0.25, 0.3) is 5.91 Å². The highest BCUT2D eigenvalue weighted by Crippen LogP contribution is 2.25. The van der Waals surface area contributed by atoms with Crippen LogP contribution in [0.3, 0.4) is 0 Å². The van der Waals surface area contributed by atoms with Crippen LogP contribution in [0.2, 0.25) is 0 Å². The largest absolute Gasteiger partial charge is 0.340 e. The second-order valence-electron chi connectivity index (χ2n) is 7.72. The van der Waals surface area contributed by atoms with Gasteiger partial charge in [0.15, 0.2) is 0 Å². The number of nitrogens with zero attached hydrogens (tertiary/aromatic N) is 4. The van der Waals surface area contributed by atoms with Crippen molar-refractivity contribution >= 4 is 23.2 Å². The average Bonchev–Trinajstić information content (AvgIpc) is 3.51. The summed E-state index contributed by atoms with van der Waals surface area (Å²) < 4.78 is 1.92. The Labute approximate surface area is 180 Å². The second kappa shape index (κ2) is 8.44. The number of carbonyl (C=O) groups is 2. The highest BCUT2D eigenvalue weighted by atomic mass is 32.1. The Morgan fingerprint density at radius 1 is 1.17 bits per heavy atom. The molecule has 1 atom stereocenters. The molecule has 2 aromatic heterocycles. The summed E-state index contributed by atoms with van der Waals surface area (Å²) >= 11 is 1.42. The second-order valence-corrected chi connectivity index (χ2v) is 8.67. The molecule has 0 aliphatic carbocycles. The summed E-state index contributed by atoms with van der Waals surface area (Å²) in [5, 5.41) is 6.57. The zero-order valence-corrected chi connectivity index (χ0v) is 18.4. The number of thiophene rings is 1. The molecular formula is C23H26N4O2S. The molecule has 3 heterocycles. The van der Waals surface area contributed by atoms with Gasteiger partial charge in [-0.3, -0.25) is 9.59 Å². The van der Waals surface area contributed by atoms with E-state index in [1.165, 1.54) is 11.3 Å². The van der Waals surface area contributed by atoms with Crippen LogP contribution in [0, 0.1) is 13.8 Å². The normalized spacial score (nSPS) is 16.1. The minimum absolute atomic E-state index is 0.0105. The Kier molecular flexibility index (Phi) is 5.72. The van der Waals surface area contributed by atoms with E-state index in [0.717, 1.165) is 29.1 Å². The monoisotopic (exact) mass is 422 g/mol. The van der Waals surface area contributed by atoms with E-state index in [-0.39, 0.29) is 11.8 Å². The molecule has 3 aromatic rings. The Bertz CT molecular complexity index is 1040. The van der Waals surface area contributed by atoms with Gasteiger partial charge >= 0.3 is 0 Å².